The summed E-state index contributed by atoms with van der Waals surface area (Å²) in [5, 5.41) is 8.90. The molecular formula is C15H23NO3. The van der Waals surface area contributed by atoms with Crippen LogP contribution in [0.1, 0.15) is 24.5 Å². The average Bonchev–Trinajstić information content (AvgIpc) is 2.37. The van der Waals surface area contributed by atoms with Crippen LogP contribution in [0.5, 0.6) is 5.75 Å². The molecule has 0 radical (unpaired) electrons. The Bertz CT molecular complexity index is 457. The highest BCUT2D eigenvalue weighted by atomic mass is 16.5. The lowest BCUT2D eigenvalue weighted by molar-refractivity contribution is -0.141. The number of carboxylic acids is 1. The number of aliphatic carboxylic acids is 1. The second-order valence-corrected chi connectivity index (χ2v) is 5.06. The first kappa shape index (κ1) is 15.3. The second kappa shape index (κ2) is 6.45. The number of benzene rings is 1. The predicted molar refractivity (Wildman–Crippen MR) is 77.2 cm³/mol. The van der Waals surface area contributed by atoms with Crippen molar-refractivity contribution in [3.05, 3.63) is 23.3 Å². The number of anilines is 1. The van der Waals surface area contributed by atoms with E-state index in [-0.39, 0.29) is 5.92 Å². The Hall–Kier alpha value is -1.71. The summed E-state index contributed by atoms with van der Waals surface area (Å²) in [4.78, 5) is 12.9. The van der Waals surface area contributed by atoms with E-state index in [1.165, 1.54) is 0 Å². The van der Waals surface area contributed by atoms with E-state index in [0.717, 1.165) is 29.1 Å². The van der Waals surface area contributed by atoms with E-state index in [1.807, 2.05) is 27.0 Å². The van der Waals surface area contributed by atoms with Crippen molar-refractivity contribution in [2.45, 2.75) is 27.2 Å². The van der Waals surface area contributed by atoms with Gasteiger partial charge in [-0.15, -0.1) is 0 Å². The summed E-state index contributed by atoms with van der Waals surface area (Å²) in [6, 6.07) is 4.10. The molecule has 0 spiro atoms. The molecule has 1 atom stereocenters. The van der Waals surface area contributed by atoms with E-state index in [2.05, 4.69) is 11.0 Å². The molecule has 0 aliphatic carbocycles. The average molecular weight is 265 g/mol. The quantitative estimate of drug-likeness (QED) is 0.859. The molecule has 1 unspecified atom stereocenters. The van der Waals surface area contributed by atoms with Gasteiger partial charge in [-0.2, -0.15) is 0 Å². The molecule has 1 aromatic rings. The molecule has 0 fully saturated rings. The number of hydrogen-bond acceptors (Lipinski definition) is 3. The third kappa shape index (κ3) is 3.88. The van der Waals surface area contributed by atoms with Crippen LogP contribution in [0.4, 0.5) is 5.69 Å². The van der Waals surface area contributed by atoms with Crippen molar-refractivity contribution in [3.63, 3.8) is 0 Å². The van der Waals surface area contributed by atoms with E-state index in [9.17, 15) is 4.79 Å². The van der Waals surface area contributed by atoms with Crippen molar-refractivity contribution >= 4 is 11.7 Å². The monoisotopic (exact) mass is 265 g/mol. The smallest absolute Gasteiger partial charge is 0.306 e. The molecular weight excluding hydrogens is 242 g/mol. The van der Waals surface area contributed by atoms with Gasteiger partial charge in [0.25, 0.3) is 0 Å². The van der Waals surface area contributed by atoms with Gasteiger partial charge < -0.3 is 14.7 Å². The van der Waals surface area contributed by atoms with Crippen LogP contribution in [0.25, 0.3) is 0 Å². The molecule has 1 N–H and O–H groups in total. The molecule has 0 aromatic heterocycles. The van der Waals surface area contributed by atoms with Crippen molar-refractivity contribution in [3.8, 4) is 5.75 Å². The molecule has 4 nitrogen and oxygen atoms in total. The van der Waals surface area contributed by atoms with Gasteiger partial charge in [0, 0.05) is 19.3 Å². The third-order valence-corrected chi connectivity index (χ3v) is 3.44. The Morgan fingerprint density at radius 2 is 2.00 bits per heavy atom. The second-order valence-electron chi connectivity index (χ2n) is 5.06. The highest BCUT2D eigenvalue weighted by molar-refractivity contribution is 5.69. The van der Waals surface area contributed by atoms with E-state index in [1.54, 1.807) is 14.0 Å². The number of nitrogens with zero attached hydrogens (tertiary/aromatic N) is 1. The van der Waals surface area contributed by atoms with Crippen molar-refractivity contribution in [2.75, 3.05) is 25.6 Å². The molecule has 1 rings (SSSR count). The molecule has 0 saturated carbocycles. The summed E-state index contributed by atoms with van der Waals surface area (Å²) in [7, 11) is 3.66. The molecule has 0 bridgehead atoms. The van der Waals surface area contributed by atoms with Crippen LogP contribution >= 0.6 is 0 Å². The fourth-order valence-electron chi connectivity index (χ4n) is 2.04. The van der Waals surface area contributed by atoms with Gasteiger partial charge in [0.1, 0.15) is 5.75 Å². The van der Waals surface area contributed by atoms with Gasteiger partial charge in [0.2, 0.25) is 0 Å². The lowest BCUT2D eigenvalue weighted by Gasteiger charge is -2.23. The topological polar surface area (TPSA) is 49.8 Å². The minimum atomic E-state index is -0.740. The Balaban J connectivity index is 2.80. The highest BCUT2D eigenvalue weighted by Gasteiger charge is 2.13. The maximum atomic E-state index is 10.8. The van der Waals surface area contributed by atoms with Crippen molar-refractivity contribution < 1.29 is 14.6 Å². The van der Waals surface area contributed by atoms with E-state index in [4.69, 9.17) is 9.84 Å². The lowest BCUT2D eigenvalue weighted by Crippen LogP contribution is -2.23. The van der Waals surface area contributed by atoms with Gasteiger partial charge in [-0.25, -0.2) is 0 Å². The molecule has 0 aliphatic rings. The molecule has 106 valence electrons. The summed E-state index contributed by atoms with van der Waals surface area (Å²) >= 11 is 0. The first-order valence-electron chi connectivity index (χ1n) is 6.46. The zero-order chi connectivity index (χ0) is 14.6. The van der Waals surface area contributed by atoms with Gasteiger partial charge in [0.15, 0.2) is 0 Å². The number of carboxylic acid groups (broad SMARTS) is 1. The maximum Gasteiger partial charge on any atom is 0.306 e. The lowest BCUT2D eigenvalue weighted by atomic mass is 10.1. The van der Waals surface area contributed by atoms with Gasteiger partial charge in [-0.3, -0.25) is 4.79 Å². The number of methoxy groups -OCH3 is 1. The molecule has 19 heavy (non-hydrogen) atoms. The Morgan fingerprint density at radius 1 is 1.37 bits per heavy atom. The fraction of sp³-hybridized carbons (Fsp3) is 0.533. The molecule has 0 amide bonds. The molecule has 4 heteroatoms. The number of ether oxygens (including phenoxy) is 1. The molecule has 0 heterocycles. The maximum absolute atomic E-state index is 10.8. The van der Waals surface area contributed by atoms with Crippen molar-refractivity contribution in [2.24, 2.45) is 5.92 Å². The number of hydrogen-bond donors (Lipinski definition) is 1. The van der Waals surface area contributed by atoms with Crippen LogP contribution in [0.15, 0.2) is 12.1 Å². The van der Waals surface area contributed by atoms with Crippen LogP contribution in [0, 0.1) is 19.8 Å². The van der Waals surface area contributed by atoms with E-state index < -0.39 is 5.97 Å². The minimum absolute atomic E-state index is 0.317. The summed E-state index contributed by atoms with van der Waals surface area (Å²) in [5.74, 6) is -0.174. The van der Waals surface area contributed by atoms with Crippen LogP contribution in [0.2, 0.25) is 0 Å². The van der Waals surface area contributed by atoms with Crippen LogP contribution in [0.3, 0.4) is 0 Å². The van der Waals surface area contributed by atoms with Crippen LogP contribution in [-0.4, -0.2) is 31.8 Å². The summed E-state index contributed by atoms with van der Waals surface area (Å²) in [6.45, 7) is 6.51. The standard InChI is InChI=1S/C15H23NO3/c1-10(15(17)18)6-7-16(4)13-8-12(3)14(19-5)9-11(13)2/h8-10H,6-7H2,1-5H3,(H,17,18). The van der Waals surface area contributed by atoms with E-state index in [0.29, 0.717) is 6.42 Å². The summed E-state index contributed by atoms with van der Waals surface area (Å²) in [5.41, 5.74) is 3.34. The number of aryl methyl sites for hydroxylation is 2. The first-order chi connectivity index (χ1) is 8.86. The molecule has 0 saturated heterocycles. The van der Waals surface area contributed by atoms with E-state index >= 15 is 0 Å². The predicted octanol–water partition coefficient (Wildman–Crippen LogP) is 2.86. The molecule has 1 aromatic carbocycles. The van der Waals surface area contributed by atoms with Gasteiger partial charge >= 0.3 is 5.97 Å². The van der Waals surface area contributed by atoms with Gasteiger partial charge in [-0.1, -0.05) is 6.92 Å². The number of carbonyl (C=O) groups is 1. The summed E-state index contributed by atoms with van der Waals surface area (Å²) in [6.07, 6.45) is 0.635. The minimum Gasteiger partial charge on any atom is -0.496 e. The van der Waals surface area contributed by atoms with Gasteiger partial charge in [-0.05, 0) is 43.5 Å². The highest BCUT2D eigenvalue weighted by Crippen LogP contribution is 2.28. The Kier molecular flexibility index (Phi) is 5.21. The molecule has 0 aliphatic heterocycles. The largest absolute Gasteiger partial charge is 0.496 e. The van der Waals surface area contributed by atoms with Crippen LogP contribution in [-0.2, 0) is 4.79 Å². The van der Waals surface area contributed by atoms with Crippen molar-refractivity contribution in [1.29, 1.82) is 0 Å². The summed E-state index contributed by atoms with van der Waals surface area (Å²) < 4.78 is 5.29. The normalized spacial score (nSPS) is 12.1. The van der Waals surface area contributed by atoms with Gasteiger partial charge in [0.05, 0.1) is 13.0 Å². The zero-order valence-electron chi connectivity index (χ0n) is 12.4. The van der Waals surface area contributed by atoms with Crippen molar-refractivity contribution in [1.82, 2.24) is 0 Å². The zero-order valence-corrected chi connectivity index (χ0v) is 12.4. The third-order valence-electron chi connectivity index (χ3n) is 3.44. The Morgan fingerprint density at radius 3 is 2.53 bits per heavy atom. The Labute approximate surface area is 115 Å². The van der Waals surface area contributed by atoms with Crippen LogP contribution < -0.4 is 9.64 Å². The first-order valence-corrected chi connectivity index (χ1v) is 6.46. The number of rotatable bonds is 6. The SMILES string of the molecule is COc1cc(C)c(N(C)CCC(C)C(=O)O)cc1C. The fourth-order valence-corrected chi connectivity index (χ4v) is 2.04.